The van der Waals surface area contributed by atoms with Gasteiger partial charge in [0.1, 0.15) is 0 Å². The summed E-state index contributed by atoms with van der Waals surface area (Å²) in [7, 11) is 0. The van der Waals surface area contributed by atoms with Gasteiger partial charge in [-0.25, -0.2) is 0 Å². The quantitative estimate of drug-likeness (QED) is 0.365. The molecule has 38 heavy (non-hydrogen) atoms. The van der Waals surface area contributed by atoms with E-state index in [0.717, 1.165) is 10.4 Å². The van der Waals surface area contributed by atoms with Crippen molar-refractivity contribution in [3.8, 4) is 0 Å². The predicted octanol–water partition coefficient (Wildman–Crippen LogP) is 7.06. The van der Waals surface area contributed by atoms with Crippen LogP contribution in [-0.2, 0) is 0 Å². The van der Waals surface area contributed by atoms with Crippen LogP contribution >= 0.6 is 0 Å². The maximum atomic E-state index is 3.55. The van der Waals surface area contributed by atoms with Gasteiger partial charge in [0.15, 0.2) is 0 Å². The van der Waals surface area contributed by atoms with Crippen LogP contribution in [0, 0.1) is 70.2 Å². The number of hydrogen-bond acceptors (Lipinski definition) is 0. The molecule has 1 aromatic carbocycles. The SMILES string of the molecule is CC(C)(C)C1=CC2=c3c#cccc#cc#cccc#cc3=C3C=C(C(C)(C)C)C=C4C=CC(=C1)[C@]2(C)[C@@]43C. The third kappa shape index (κ3) is 3.85. The summed E-state index contributed by atoms with van der Waals surface area (Å²) in [5.41, 5.74) is 7.24. The van der Waals surface area contributed by atoms with Crippen molar-refractivity contribution in [3.63, 3.8) is 0 Å². The van der Waals surface area contributed by atoms with Gasteiger partial charge in [0, 0.05) is 21.3 Å². The standard InChI is InChI=1S/C38H34/c1-35(2,3)29-23-27-21-22-28-24-30(36(4,5)6)26-34-32-20-18-16-14-12-10-9-11-13-15-17-19-31(32)33(25-29)37(27,7)38(28,34)8/h13-16,21-26H,1-8H3/t37-,38-/m0/s1. The van der Waals surface area contributed by atoms with Crippen molar-refractivity contribution in [2.24, 2.45) is 21.7 Å². The molecule has 4 aliphatic carbocycles. The summed E-state index contributed by atoms with van der Waals surface area (Å²) in [4.78, 5) is 0. The molecule has 0 saturated heterocycles. The summed E-state index contributed by atoms with van der Waals surface area (Å²) in [5, 5.41) is 2.02. The fourth-order valence-electron chi connectivity index (χ4n) is 5.93. The highest BCUT2D eigenvalue weighted by atomic mass is 14.6. The van der Waals surface area contributed by atoms with Gasteiger partial charge in [-0.3, -0.25) is 0 Å². The Kier molecular flexibility index (Phi) is 5.87. The molecule has 0 spiro atoms. The molecule has 0 heteroatoms. The smallest absolute Gasteiger partial charge is 0.0450 e. The second-order valence-electron chi connectivity index (χ2n) is 12.8. The topological polar surface area (TPSA) is 0 Å². The molecule has 186 valence electrons. The van der Waals surface area contributed by atoms with Crippen molar-refractivity contribution >= 4 is 11.1 Å². The molecule has 0 saturated carbocycles. The molecule has 5 rings (SSSR count). The van der Waals surface area contributed by atoms with Crippen LogP contribution in [0.4, 0.5) is 0 Å². The van der Waals surface area contributed by atoms with Crippen LogP contribution in [-0.4, -0.2) is 0 Å². The zero-order valence-electron chi connectivity index (χ0n) is 23.8. The average Bonchev–Trinajstić information content (AvgIpc) is 2.83. The van der Waals surface area contributed by atoms with Gasteiger partial charge in [0.05, 0.1) is 0 Å². The molecule has 0 nitrogen and oxygen atoms in total. The minimum Gasteiger partial charge on any atom is -0.0689 e. The summed E-state index contributed by atoms with van der Waals surface area (Å²) >= 11 is 0. The minimum absolute atomic E-state index is 0.000334. The van der Waals surface area contributed by atoms with E-state index >= 15 is 0 Å². The third-order valence-corrected chi connectivity index (χ3v) is 8.52. The van der Waals surface area contributed by atoms with Gasteiger partial charge in [0.25, 0.3) is 0 Å². The summed E-state index contributed by atoms with van der Waals surface area (Å²) < 4.78 is 0. The van der Waals surface area contributed by atoms with Crippen molar-refractivity contribution in [1.29, 1.82) is 0 Å². The molecule has 0 aromatic heterocycles. The summed E-state index contributed by atoms with van der Waals surface area (Å²) in [5.74, 6) is 0. The van der Waals surface area contributed by atoms with E-state index in [2.05, 4.69) is 140 Å². The molecule has 0 fully saturated rings. The molecule has 2 atom stereocenters. The van der Waals surface area contributed by atoms with Crippen molar-refractivity contribution < 1.29 is 0 Å². The van der Waals surface area contributed by atoms with E-state index in [1.54, 1.807) is 12.1 Å². The van der Waals surface area contributed by atoms with Gasteiger partial charge in [-0.05, 0) is 80.7 Å². The van der Waals surface area contributed by atoms with Gasteiger partial charge < -0.3 is 0 Å². The van der Waals surface area contributed by atoms with E-state index in [1.165, 1.54) is 33.4 Å². The second kappa shape index (κ2) is 8.74. The molecule has 0 aliphatic heterocycles. The number of hydrogen-bond donors (Lipinski definition) is 0. The van der Waals surface area contributed by atoms with E-state index in [-0.39, 0.29) is 21.7 Å². The Bertz CT molecular complexity index is 1460. The lowest BCUT2D eigenvalue weighted by atomic mass is 9.45. The Hall–Kier alpha value is -4.10. The van der Waals surface area contributed by atoms with Crippen LogP contribution in [0.5, 0.6) is 0 Å². The van der Waals surface area contributed by atoms with Crippen LogP contribution in [0.15, 0.2) is 83.0 Å². The van der Waals surface area contributed by atoms with E-state index < -0.39 is 0 Å². The van der Waals surface area contributed by atoms with E-state index in [1.807, 2.05) is 12.1 Å². The van der Waals surface area contributed by atoms with Crippen molar-refractivity contribution in [2.75, 3.05) is 0 Å². The molecular formula is C38H34. The molecule has 4 aliphatic rings. The molecule has 0 unspecified atom stereocenters. The first-order valence-corrected chi connectivity index (χ1v) is 13.3. The molecule has 0 heterocycles. The first kappa shape index (κ1) is 25.5. The third-order valence-electron chi connectivity index (χ3n) is 8.52. The number of allylic oxidation sites excluding steroid dienone is 10. The summed E-state index contributed by atoms with van der Waals surface area (Å²) in [6, 6.07) is 32.3. The lowest BCUT2D eigenvalue weighted by Crippen LogP contribution is -2.54. The van der Waals surface area contributed by atoms with Crippen molar-refractivity contribution in [3.05, 3.63) is 142 Å². The van der Waals surface area contributed by atoms with Crippen LogP contribution in [0.3, 0.4) is 0 Å². The largest absolute Gasteiger partial charge is 0.0689 e. The van der Waals surface area contributed by atoms with Crippen LogP contribution in [0.1, 0.15) is 55.4 Å². The van der Waals surface area contributed by atoms with Crippen LogP contribution in [0.2, 0.25) is 0 Å². The molecule has 0 amide bonds. The number of rotatable bonds is 0. The molecular weight excluding hydrogens is 456 g/mol. The molecule has 0 radical (unpaired) electrons. The highest BCUT2D eigenvalue weighted by Crippen LogP contribution is 2.66. The van der Waals surface area contributed by atoms with Crippen LogP contribution in [0.25, 0.3) is 11.1 Å². The highest BCUT2D eigenvalue weighted by Gasteiger charge is 2.57. The van der Waals surface area contributed by atoms with Crippen molar-refractivity contribution in [1.82, 2.24) is 0 Å². The molecule has 0 bridgehead atoms. The lowest BCUT2D eigenvalue weighted by Gasteiger charge is -2.56. The monoisotopic (exact) mass is 490 g/mol. The van der Waals surface area contributed by atoms with E-state index in [4.69, 9.17) is 0 Å². The Balaban J connectivity index is 2.08. The summed E-state index contributed by atoms with van der Waals surface area (Å²) in [6.07, 6.45) is 14.3. The highest BCUT2D eigenvalue weighted by molar-refractivity contribution is 5.88. The normalized spacial score (nSPS) is 24.1. The van der Waals surface area contributed by atoms with Gasteiger partial charge >= 0.3 is 0 Å². The minimum atomic E-state index is -0.275. The van der Waals surface area contributed by atoms with Gasteiger partial charge in [-0.15, -0.1) is 0 Å². The first-order valence-electron chi connectivity index (χ1n) is 13.3. The predicted molar refractivity (Wildman–Crippen MR) is 155 cm³/mol. The van der Waals surface area contributed by atoms with Gasteiger partial charge in [-0.2, -0.15) is 0 Å². The van der Waals surface area contributed by atoms with Gasteiger partial charge in [-0.1, -0.05) is 128 Å². The Morgan fingerprint density at radius 1 is 0.526 bits per heavy atom. The van der Waals surface area contributed by atoms with E-state index in [9.17, 15) is 0 Å². The lowest BCUT2D eigenvalue weighted by molar-refractivity contribution is 0.298. The second-order valence-corrected chi connectivity index (χ2v) is 12.8. The average molecular weight is 491 g/mol. The Morgan fingerprint density at radius 3 is 1.26 bits per heavy atom. The maximum absolute atomic E-state index is 3.55. The van der Waals surface area contributed by atoms with Crippen molar-refractivity contribution in [2.45, 2.75) is 55.4 Å². The number of fused-ring (bicyclic) bond motifs is 1. The van der Waals surface area contributed by atoms with Crippen LogP contribution < -0.4 is 10.4 Å². The zero-order valence-corrected chi connectivity index (χ0v) is 23.8. The Labute approximate surface area is 229 Å². The molecule has 0 N–H and O–H groups in total. The Morgan fingerprint density at radius 2 is 0.895 bits per heavy atom. The zero-order chi connectivity index (χ0) is 27.3. The fourth-order valence-corrected chi connectivity index (χ4v) is 5.93. The first-order chi connectivity index (χ1) is 17.9. The molecule has 1 aromatic rings. The fraction of sp³-hybridized carbons (Fsp3) is 0.316. The summed E-state index contributed by atoms with van der Waals surface area (Å²) in [6.45, 7) is 18.5. The van der Waals surface area contributed by atoms with E-state index in [0.29, 0.717) is 0 Å². The van der Waals surface area contributed by atoms with Gasteiger partial charge in [0.2, 0.25) is 0 Å². The maximum Gasteiger partial charge on any atom is 0.0450 e.